The van der Waals surface area contributed by atoms with Gasteiger partial charge in [0, 0.05) is 6.54 Å². The van der Waals surface area contributed by atoms with Crippen LogP contribution in [0.1, 0.15) is 33.1 Å². The maximum atomic E-state index is 11.6. The van der Waals surface area contributed by atoms with E-state index in [1.807, 2.05) is 13.8 Å². The summed E-state index contributed by atoms with van der Waals surface area (Å²) in [5.41, 5.74) is 0. The van der Waals surface area contributed by atoms with Crippen molar-refractivity contribution in [2.45, 2.75) is 33.1 Å². The third-order valence-corrected chi connectivity index (χ3v) is 4.42. The minimum absolute atomic E-state index is 0.258. The summed E-state index contributed by atoms with van der Waals surface area (Å²) in [5.74, 6) is 1.34. The highest BCUT2D eigenvalue weighted by molar-refractivity contribution is 7.89. The summed E-state index contributed by atoms with van der Waals surface area (Å²) in [7, 11) is -3.04. The van der Waals surface area contributed by atoms with Crippen molar-refractivity contribution < 1.29 is 8.42 Å². The number of hydrogen-bond donors (Lipinski definition) is 2. The highest BCUT2D eigenvalue weighted by atomic mass is 32.2. The van der Waals surface area contributed by atoms with E-state index in [1.54, 1.807) is 0 Å². The Hall–Kier alpha value is -0.130. The molecular weight excluding hydrogens is 224 g/mol. The fourth-order valence-corrected chi connectivity index (χ4v) is 3.20. The average molecular weight is 248 g/mol. The molecule has 0 spiro atoms. The van der Waals surface area contributed by atoms with Gasteiger partial charge in [-0.3, -0.25) is 0 Å². The van der Waals surface area contributed by atoms with Crippen LogP contribution < -0.4 is 10.0 Å². The van der Waals surface area contributed by atoms with Gasteiger partial charge in [0.15, 0.2) is 0 Å². The predicted molar refractivity (Wildman–Crippen MR) is 66.8 cm³/mol. The molecule has 1 heterocycles. The molecule has 1 rings (SSSR count). The van der Waals surface area contributed by atoms with E-state index in [9.17, 15) is 8.42 Å². The molecule has 96 valence electrons. The first-order valence-corrected chi connectivity index (χ1v) is 7.83. The zero-order chi connectivity index (χ0) is 12.0. The van der Waals surface area contributed by atoms with Crippen molar-refractivity contribution in [3.05, 3.63) is 0 Å². The summed E-state index contributed by atoms with van der Waals surface area (Å²) >= 11 is 0. The highest BCUT2D eigenvalue weighted by Crippen LogP contribution is 2.11. The van der Waals surface area contributed by atoms with E-state index in [0.29, 0.717) is 18.4 Å². The van der Waals surface area contributed by atoms with Gasteiger partial charge in [-0.25, -0.2) is 13.1 Å². The lowest BCUT2D eigenvalue weighted by Gasteiger charge is -2.10. The van der Waals surface area contributed by atoms with Crippen LogP contribution in [0.4, 0.5) is 0 Å². The number of hydrogen-bond acceptors (Lipinski definition) is 3. The van der Waals surface area contributed by atoms with Crippen molar-refractivity contribution in [3.8, 4) is 0 Å². The fourth-order valence-electron chi connectivity index (χ4n) is 1.84. The molecule has 1 saturated heterocycles. The predicted octanol–water partition coefficient (Wildman–Crippen LogP) is 0.952. The Bertz CT molecular complexity index is 282. The second kappa shape index (κ2) is 6.57. The maximum Gasteiger partial charge on any atom is 0.211 e. The van der Waals surface area contributed by atoms with Crippen molar-refractivity contribution in [2.24, 2.45) is 11.8 Å². The SMILES string of the molecule is CC(C)CCS(=O)(=O)NCCC1CCNC1. The Labute approximate surface area is 99.2 Å². The first kappa shape index (κ1) is 13.9. The Morgan fingerprint density at radius 1 is 1.44 bits per heavy atom. The summed E-state index contributed by atoms with van der Waals surface area (Å²) in [6.07, 6.45) is 2.86. The molecule has 0 radical (unpaired) electrons. The van der Waals surface area contributed by atoms with Crippen LogP contribution in [0.3, 0.4) is 0 Å². The van der Waals surface area contributed by atoms with E-state index in [1.165, 1.54) is 6.42 Å². The van der Waals surface area contributed by atoms with Crippen LogP contribution in [0, 0.1) is 11.8 Å². The summed E-state index contributed by atoms with van der Waals surface area (Å²) < 4.78 is 25.8. The van der Waals surface area contributed by atoms with Gasteiger partial charge in [0.2, 0.25) is 10.0 Å². The van der Waals surface area contributed by atoms with Gasteiger partial charge < -0.3 is 5.32 Å². The van der Waals surface area contributed by atoms with Gasteiger partial charge in [-0.1, -0.05) is 13.8 Å². The number of sulfonamides is 1. The second-order valence-electron chi connectivity index (χ2n) is 5.04. The van der Waals surface area contributed by atoms with Crippen molar-refractivity contribution in [3.63, 3.8) is 0 Å². The Morgan fingerprint density at radius 3 is 2.75 bits per heavy atom. The van der Waals surface area contributed by atoms with Gasteiger partial charge in [-0.2, -0.15) is 0 Å². The molecule has 0 aromatic rings. The third-order valence-electron chi connectivity index (χ3n) is 3.00. The topological polar surface area (TPSA) is 58.2 Å². The molecule has 0 saturated carbocycles. The molecule has 0 aromatic heterocycles. The molecule has 1 atom stereocenters. The normalized spacial score (nSPS) is 21.8. The monoisotopic (exact) mass is 248 g/mol. The van der Waals surface area contributed by atoms with E-state index in [2.05, 4.69) is 10.0 Å². The van der Waals surface area contributed by atoms with Gasteiger partial charge in [0.1, 0.15) is 0 Å². The maximum absolute atomic E-state index is 11.6. The molecule has 0 bridgehead atoms. The van der Waals surface area contributed by atoms with Crippen LogP contribution in [-0.4, -0.2) is 33.8 Å². The van der Waals surface area contributed by atoms with Crippen molar-refractivity contribution in [2.75, 3.05) is 25.4 Å². The fraction of sp³-hybridized carbons (Fsp3) is 1.00. The molecule has 2 N–H and O–H groups in total. The number of nitrogens with one attached hydrogen (secondary N) is 2. The van der Waals surface area contributed by atoms with Crippen LogP contribution in [0.2, 0.25) is 0 Å². The van der Waals surface area contributed by atoms with E-state index >= 15 is 0 Å². The highest BCUT2D eigenvalue weighted by Gasteiger charge is 2.16. The molecule has 5 heteroatoms. The lowest BCUT2D eigenvalue weighted by atomic mass is 10.1. The summed E-state index contributed by atoms with van der Waals surface area (Å²) in [4.78, 5) is 0. The minimum Gasteiger partial charge on any atom is -0.316 e. The summed E-state index contributed by atoms with van der Waals surface area (Å²) in [6, 6.07) is 0. The molecule has 16 heavy (non-hydrogen) atoms. The number of rotatable bonds is 7. The van der Waals surface area contributed by atoms with Crippen molar-refractivity contribution >= 4 is 10.0 Å². The van der Waals surface area contributed by atoms with Crippen LogP contribution in [0.5, 0.6) is 0 Å². The Kier molecular flexibility index (Phi) is 5.72. The lowest BCUT2D eigenvalue weighted by molar-refractivity contribution is 0.516. The summed E-state index contributed by atoms with van der Waals surface area (Å²) in [6.45, 7) is 6.78. The Morgan fingerprint density at radius 2 is 2.19 bits per heavy atom. The van der Waals surface area contributed by atoms with E-state index in [4.69, 9.17) is 0 Å². The quantitative estimate of drug-likeness (QED) is 0.705. The van der Waals surface area contributed by atoms with Crippen molar-refractivity contribution in [1.82, 2.24) is 10.0 Å². The van der Waals surface area contributed by atoms with E-state index in [-0.39, 0.29) is 5.75 Å². The molecular formula is C11H24N2O2S. The van der Waals surface area contributed by atoms with Gasteiger partial charge in [0.05, 0.1) is 5.75 Å². The summed E-state index contributed by atoms with van der Waals surface area (Å²) in [5, 5.41) is 3.28. The second-order valence-corrected chi connectivity index (χ2v) is 6.97. The zero-order valence-corrected chi connectivity index (χ0v) is 11.1. The zero-order valence-electron chi connectivity index (χ0n) is 10.3. The van der Waals surface area contributed by atoms with E-state index in [0.717, 1.165) is 25.9 Å². The third kappa shape index (κ3) is 5.82. The van der Waals surface area contributed by atoms with Gasteiger partial charge in [0.25, 0.3) is 0 Å². The van der Waals surface area contributed by atoms with Crippen LogP contribution in [0.25, 0.3) is 0 Å². The minimum atomic E-state index is -3.04. The van der Waals surface area contributed by atoms with Gasteiger partial charge >= 0.3 is 0 Å². The Balaban J connectivity index is 2.14. The largest absolute Gasteiger partial charge is 0.316 e. The molecule has 1 aliphatic heterocycles. The molecule has 4 nitrogen and oxygen atoms in total. The molecule has 0 aliphatic carbocycles. The van der Waals surface area contributed by atoms with Gasteiger partial charge in [-0.15, -0.1) is 0 Å². The van der Waals surface area contributed by atoms with Gasteiger partial charge in [-0.05, 0) is 44.2 Å². The first-order valence-electron chi connectivity index (χ1n) is 6.17. The van der Waals surface area contributed by atoms with Crippen LogP contribution >= 0.6 is 0 Å². The standard InChI is InChI=1S/C11H24N2O2S/c1-10(2)5-8-16(14,15)13-7-4-11-3-6-12-9-11/h10-13H,3-9H2,1-2H3. The molecule has 1 unspecified atom stereocenters. The molecule has 1 fully saturated rings. The van der Waals surface area contributed by atoms with Crippen LogP contribution in [-0.2, 0) is 10.0 Å². The molecule has 0 amide bonds. The average Bonchev–Trinajstić information content (AvgIpc) is 2.68. The first-order chi connectivity index (χ1) is 7.49. The van der Waals surface area contributed by atoms with Crippen LogP contribution in [0.15, 0.2) is 0 Å². The lowest BCUT2D eigenvalue weighted by Crippen LogP contribution is -2.29. The molecule has 1 aliphatic rings. The smallest absolute Gasteiger partial charge is 0.211 e. The van der Waals surface area contributed by atoms with Crippen molar-refractivity contribution in [1.29, 1.82) is 0 Å². The molecule has 0 aromatic carbocycles. The van der Waals surface area contributed by atoms with E-state index < -0.39 is 10.0 Å².